The first-order chi connectivity index (χ1) is 3.65. The van der Waals surface area contributed by atoms with E-state index >= 15 is 0 Å². The number of hydrogen-bond acceptors (Lipinski definition) is 1. The summed E-state index contributed by atoms with van der Waals surface area (Å²) in [4.78, 5) is 0. The number of halogens is 1. The molecule has 0 aromatic heterocycles. The van der Waals surface area contributed by atoms with Crippen molar-refractivity contribution in [2.24, 2.45) is 5.92 Å². The van der Waals surface area contributed by atoms with Crippen LogP contribution in [-0.2, 0) is 4.74 Å². The fraction of sp³-hybridized carbons (Fsp3) is 1.00. The highest BCUT2D eigenvalue weighted by atomic mass is 19.1. The average Bonchev–Trinajstić information content (AvgIpc) is 1.60. The van der Waals surface area contributed by atoms with Gasteiger partial charge in [-0.05, 0) is 5.92 Å². The van der Waals surface area contributed by atoms with Gasteiger partial charge in [-0.1, -0.05) is 13.8 Å². The van der Waals surface area contributed by atoms with Gasteiger partial charge < -0.3 is 4.74 Å². The number of ether oxygens (including phenoxy) is 1. The smallest absolute Gasteiger partial charge is 0.159 e. The van der Waals surface area contributed by atoms with Gasteiger partial charge in [-0.2, -0.15) is 0 Å². The van der Waals surface area contributed by atoms with E-state index in [1.165, 1.54) is 0 Å². The minimum Gasteiger partial charge on any atom is -0.375 e. The van der Waals surface area contributed by atoms with Gasteiger partial charge in [0.15, 0.2) is 5.67 Å². The largest absolute Gasteiger partial charge is 0.375 e. The highest BCUT2D eigenvalue weighted by molar-refractivity contribution is 4.88. The van der Waals surface area contributed by atoms with Gasteiger partial charge in [0.1, 0.15) is 0 Å². The summed E-state index contributed by atoms with van der Waals surface area (Å²) >= 11 is 0. The third kappa shape index (κ3) is 0.730. The van der Waals surface area contributed by atoms with Crippen LogP contribution in [0, 0.1) is 5.92 Å². The zero-order valence-corrected chi connectivity index (χ0v) is 5.28. The normalized spacial score (nSPS) is 25.5. The summed E-state index contributed by atoms with van der Waals surface area (Å²) in [6, 6.07) is 0. The average molecular weight is 118 g/mol. The molecular weight excluding hydrogens is 107 g/mol. The maximum absolute atomic E-state index is 12.9. The van der Waals surface area contributed by atoms with Gasteiger partial charge >= 0.3 is 0 Å². The Bertz CT molecular complexity index is 86.5. The van der Waals surface area contributed by atoms with Crippen LogP contribution in [0.15, 0.2) is 0 Å². The molecule has 48 valence electrons. The molecule has 0 bridgehead atoms. The van der Waals surface area contributed by atoms with Crippen molar-refractivity contribution in [1.29, 1.82) is 0 Å². The van der Waals surface area contributed by atoms with E-state index in [9.17, 15) is 4.39 Å². The van der Waals surface area contributed by atoms with Crippen molar-refractivity contribution >= 4 is 0 Å². The van der Waals surface area contributed by atoms with E-state index in [-0.39, 0.29) is 5.92 Å². The lowest BCUT2D eigenvalue weighted by Gasteiger charge is -2.36. The van der Waals surface area contributed by atoms with E-state index in [0.29, 0.717) is 13.2 Å². The van der Waals surface area contributed by atoms with E-state index < -0.39 is 5.67 Å². The predicted octanol–water partition coefficient (Wildman–Crippen LogP) is 1.38. The second-order valence-electron chi connectivity index (χ2n) is 2.68. The van der Waals surface area contributed by atoms with E-state index in [4.69, 9.17) is 4.74 Å². The lowest BCUT2D eigenvalue weighted by Crippen LogP contribution is -2.49. The molecule has 1 heterocycles. The molecule has 0 amide bonds. The standard InChI is InChI=1S/C6H11FO/c1-5(2)6(7)3-8-4-6/h5H,3-4H2,1-2H3. The van der Waals surface area contributed by atoms with Gasteiger partial charge in [-0.15, -0.1) is 0 Å². The lowest BCUT2D eigenvalue weighted by atomic mass is 9.91. The summed E-state index contributed by atoms with van der Waals surface area (Å²) in [6.07, 6.45) is 0. The summed E-state index contributed by atoms with van der Waals surface area (Å²) in [5, 5.41) is 0. The second-order valence-corrected chi connectivity index (χ2v) is 2.68. The molecule has 0 aromatic carbocycles. The van der Waals surface area contributed by atoms with E-state index in [0.717, 1.165) is 0 Å². The monoisotopic (exact) mass is 118 g/mol. The molecule has 2 heteroatoms. The molecule has 1 rings (SSSR count). The maximum Gasteiger partial charge on any atom is 0.159 e. The predicted molar refractivity (Wildman–Crippen MR) is 29.5 cm³/mol. The molecule has 0 radical (unpaired) electrons. The molecule has 1 nitrogen and oxygen atoms in total. The molecule has 0 N–H and O–H groups in total. The third-order valence-electron chi connectivity index (χ3n) is 1.72. The van der Waals surface area contributed by atoms with Crippen LogP contribution in [0.3, 0.4) is 0 Å². The van der Waals surface area contributed by atoms with Crippen molar-refractivity contribution < 1.29 is 9.13 Å². The topological polar surface area (TPSA) is 9.23 Å². The van der Waals surface area contributed by atoms with Crippen LogP contribution >= 0.6 is 0 Å². The van der Waals surface area contributed by atoms with Crippen LogP contribution in [0.1, 0.15) is 13.8 Å². The van der Waals surface area contributed by atoms with Crippen molar-refractivity contribution in [3.05, 3.63) is 0 Å². The fourth-order valence-electron chi connectivity index (χ4n) is 0.630. The summed E-state index contributed by atoms with van der Waals surface area (Å²) in [7, 11) is 0. The number of rotatable bonds is 1. The summed E-state index contributed by atoms with van der Waals surface area (Å²) in [5.74, 6) is 0.108. The molecule has 8 heavy (non-hydrogen) atoms. The van der Waals surface area contributed by atoms with Crippen LogP contribution in [0.2, 0.25) is 0 Å². The van der Waals surface area contributed by atoms with Crippen LogP contribution in [0.4, 0.5) is 4.39 Å². The third-order valence-corrected chi connectivity index (χ3v) is 1.72. The van der Waals surface area contributed by atoms with Gasteiger partial charge in [0.05, 0.1) is 13.2 Å². The zero-order valence-electron chi connectivity index (χ0n) is 5.28. The molecule has 1 aliphatic rings. The Morgan fingerprint density at radius 2 is 2.00 bits per heavy atom. The summed E-state index contributed by atoms with van der Waals surface area (Å²) < 4.78 is 17.6. The Morgan fingerprint density at radius 3 is 2.00 bits per heavy atom. The molecule has 0 saturated carbocycles. The van der Waals surface area contributed by atoms with Crippen molar-refractivity contribution in [3.63, 3.8) is 0 Å². The zero-order chi connectivity index (χ0) is 6.20. The maximum atomic E-state index is 12.9. The Hall–Kier alpha value is -0.110. The van der Waals surface area contributed by atoms with Crippen molar-refractivity contribution in [3.8, 4) is 0 Å². The first-order valence-electron chi connectivity index (χ1n) is 2.92. The van der Waals surface area contributed by atoms with E-state index in [1.54, 1.807) is 0 Å². The van der Waals surface area contributed by atoms with Crippen LogP contribution in [0.5, 0.6) is 0 Å². The van der Waals surface area contributed by atoms with Gasteiger partial charge in [-0.3, -0.25) is 0 Å². The van der Waals surface area contributed by atoms with Crippen molar-refractivity contribution in [2.75, 3.05) is 13.2 Å². The van der Waals surface area contributed by atoms with Gasteiger partial charge in [0, 0.05) is 0 Å². The Balaban J connectivity index is 2.41. The van der Waals surface area contributed by atoms with Crippen molar-refractivity contribution in [2.45, 2.75) is 19.5 Å². The molecule has 0 atom stereocenters. The molecule has 1 saturated heterocycles. The Kier molecular flexibility index (Phi) is 1.27. The highest BCUT2D eigenvalue weighted by Crippen LogP contribution is 2.29. The first-order valence-corrected chi connectivity index (χ1v) is 2.92. The van der Waals surface area contributed by atoms with Gasteiger partial charge in [0.25, 0.3) is 0 Å². The number of alkyl halides is 1. The minimum absolute atomic E-state index is 0.108. The van der Waals surface area contributed by atoms with E-state index in [2.05, 4.69) is 0 Å². The summed E-state index contributed by atoms with van der Waals surface area (Å²) in [5.41, 5.74) is -1.00. The molecule has 0 aliphatic carbocycles. The first kappa shape index (κ1) is 6.02. The minimum atomic E-state index is -1.00. The van der Waals surface area contributed by atoms with Crippen LogP contribution < -0.4 is 0 Å². The van der Waals surface area contributed by atoms with Gasteiger partial charge in [0.2, 0.25) is 0 Å². The highest BCUT2D eigenvalue weighted by Gasteiger charge is 2.41. The molecule has 0 unspecified atom stereocenters. The molecule has 0 aromatic rings. The molecule has 1 fully saturated rings. The Labute approximate surface area is 48.8 Å². The SMILES string of the molecule is CC(C)C1(F)COC1. The lowest BCUT2D eigenvalue weighted by molar-refractivity contribution is -0.153. The summed E-state index contributed by atoms with van der Waals surface area (Å²) in [6.45, 7) is 4.35. The molecule has 1 aliphatic heterocycles. The fourth-order valence-corrected chi connectivity index (χ4v) is 0.630. The molecule has 0 spiro atoms. The molecular formula is C6H11FO. The van der Waals surface area contributed by atoms with Gasteiger partial charge in [-0.25, -0.2) is 4.39 Å². The Morgan fingerprint density at radius 1 is 1.50 bits per heavy atom. The van der Waals surface area contributed by atoms with Crippen LogP contribution in [-0.4, -0.2) is 18.9 Å². The van der Waals surface area contributed by atoms with Crippen LogP contribution in [0.25, 0.3) is 0 Å². The van der Waals surface area contributed by atoms with E-state index in [1.807, 2.05) is 13.8 Å². The second kappa shape index (κ2) is 1.69. The number of hydrogen-bond donors (Lipinski definition) is 0. The van der Waals surface area contributed by atoms with Crippen molar-refractivity contribution in [1.82, 2.24) is 0 Å². The quantitative estimate of drug-likeness (QED) is 0.505.